The second-order valence-corrected chi connectivity index (χ2v) is 6.96. The van der Waals surface area contributed by atoms with Crippen molar-refractivity contribution in [3.63, 3.8) is 0 Å². The second-order valence-electron chi connectivity index (χ2n) is 6.96. The van der Waals surface area contributed by atoms with Crippen LogP contribution in [0.2, 0.25) is 0 Å². The highest BCUT2D eigenvalue weighted by molar-refractivity contribution is 5.29. The highest BCUT2D eigenvalue weighted by Gasteiger charge is 2.27. The highest BCUT2D eigenvalue weighted by atomic mass is 19.1. The number of halogens is 2. The average Bonchev–Trinajstić information content (AvgIpc) is 2.67. The molecule has 4 nitrogen and oxygen atoms in total. The summed E-state index contributed by atoms with van der Waals surface area (Å²) in [4.78, 5) is 4.52. The monoisotopic (exact) mass is 376 g/mol. The number of benzene rings is 2. The molecular weight excluding hydrogens is 350 g/mol. The normalized spacial score (nSPS) is 18.6. The third-order valence-electron chi connectivity index (χ3n) is 5.10. The van der Waals surface area contributed by atoms with Gasteiger partial charge in [0.15, 0.2) is 0 Å². The van der Waals surface area contributed by atoms with Crippen LogP contribution in [-0.2, 0) is 13.1 Å². The molecule has 1 aliphatic heterocycles. The number of nitrogens with zero attached hydrogens (tertiary/aromatic N) is 2. The predicted molar refractivity (Wildman–Crippen MR) is 101 cm³/mol. The van der Waals surface area contributed by atoms with E-state index < -0.39 is 0 Å². The highest BCUT2D eigenvalue weighted by Crippen LogP contribution is 2.22. The minimum absolute atomic E-state index is 0.103. The molecule has 1 fully saturated rings. The van der Waals surface area contributed by atoms with E-state index in [0.717, 1.165) is 25.2 Å². The van der Waals surface area contributed by atoms with Gasteiger partial charge in [0.2, 0.25) is 0 Å². The molecule has 3 rings (SSSR count). The Labute approximate surface area is 159 Å². The molecule has 1 aliphatic rings. The van der Waals surface area contributed by atoms with Crippen LogP contribution in [-0.4, -0.2) is 54.3 Å². The quantitative estimate of drug-likeness (QED) is 0.806. The first-order valence-electron chi connectivity index (χ1n) is 9.23. The molecule has 0 unspecified atom stereocenters. The first kappa shape index (κ1) is 19.7. The van der Waals surface area contributed by atoms with Crippen LogP contribution >= 0.6 is 0 Å². The summed E-state index contributed by atoms with van der Waals surface area (Å²) in [6.07, 6.45) is 0.651. The number of hydrogen-bond donors (Lipinski definition) is 1. The predicted octanol–water partition coefficient (Wildman–Crippen LogP) is 3.04. The maximum atomic E-state index is 14.1. The lowest BCUT2D eigenvalue weighted by molar-refractivity contribution is 0.0494. The number of rotatable bonds is 7. The van der Waals surface area contributed by atoms with Crippen molar-refractivity contribution in [2.75, 3.05) is 33.4 Å². The van der Waals surface area contributed by atoms with E-state index in [0.29, 0.717) is 30.8 Å². The van der Waals surface area contributed by atoms with E-state index in [4.69, 9.17) is 4.74 Å². The van der Waals surface area contributed by atoms with E-state index >= 15 is 0 Å². The molecule has 0 radical (unpaired) electrons. The fourth-order valence-corrected chi connectivity index (χ4v) is 3.60. The van der Waals surface area contributed by atoms with Crippen LogP contribution in [0.25, 0.3) is 0 Å². The van der Waals surface area contributed by atoms with Gasteiger partial charge in [0.25, 0.3) is 0 Å². The fraction of sp³-hybridized carbons (Fsp3) is 0.429. The summed E-state index contributed by atoms with van der Waals surface area (Å²) >= 11 is 0. The molecule has 27 heavy (non-hydrogen) atoms. The van der Waals surface area contributed by atoms with E-state index in [1.165, 1.54) is 18.2 Å². The number of methoxy groups -OCH3 is 1. The molecule has 0 bridgehead atoms. The van der Waals surface area contributed by atoms with Gasteiger partial charge in [-0.1, -0.05) is 12.1 Å². The smallest absolute Gasteiger partial charge is 0.127 e. The zero-order valence-corrected chi connectivity index (χ0v) is 15.6. The van der Waals surface area contributed by atoms with Crippen molar-refractivity contribution >= 4 is 0 Å². The molecule has 146 valence electrons. The molecule has 1 atom stereocenters. The average molecular weight is 376 g/mol. The third-order valence-corrected chi connectivity index (χ3v) is 5.10. The van der Waals surface area contributed by atoms with Gasteiger partial charge >= 0.3 is 0 Å². The number of ether oxygens (including phenoxy) is 1. The minimum Gasteiger partial charge on any atom is -0.497 e. The van der Waals surface area contributed by atoms with Crippen LogP contribution in [0, 0.1) is 11.6 Å². The maximum Gasteiger partial charge on any atom is 0.127 e. The first-order chi connectivity index (χ1) is 13.1. The van der Waals surface area contributed by atoms with Gasteiger partial charge in [-0.2, -0.15) is 0 Å². The molecular formula is C21H26F2N2O2. The first-order valence-corrected chi connectivity index (χ1v) is 9.23. The van der Waals surface area contributed by atoms with E-state index in [9.17, 15) is 13.9 Å². The van der Waals surface area contributed by atoms with Crippen LogP contribution in [0.15, 0.2) is 42.5 Å². The largest absolute Gasteiger partial charge is 0.497 e. The zero-order chi connectivity index (χ0) is 19.2. The van der Waals surface area contributed by atoms with Gasteiger partial charge < -0.3 is 9.84 Å². The molecule has 0 saturated carbocycles. The summed E-state index contributed by atoms with van der Waals surface area (Å²) in [6.45, 7) is 3.69. The van der Waals surface area contributed by atoms with Gasteiger partial charge in [-0.05, 0) is 42.3 Å². The summed E-state index contributed by atoms with van der Waals surface area (Å²) in [5.74, 6) is 0.173. The molecule has 0 aliphatic carbocycles. The van der Waals surface area contributed by atoms with Crippen molar-refractivity contribution in [3.05, 3.63) is 65.2 Å². The summed E-state index contributed by atoms with van der Waals surface area (Å²) in [7, 11) is 1.57. The van der Waals surface area contributed by atoms with Crippen molar-refractivity contribution in [1.29, 1.82) is 0 Å². The minimum atomic E-state index is -0.240. The van der Waals surface area contributed by atoms with E-state index in [1.54, 1.807) is 31.4 Å². The Bertz CT molecular complexity index is 739. The second kappa shape index (κ2) is 9.26. The Balaban J connectivity index is 1.65. The van der Waals surface area contributed by atoms with Crippen LogP contribution < -0.4 is 4.74 Å². The van der Waals surface area contributed by atoms with Crippen LogP contribution in [0.1, 0.15) is 17.5 Å². The standard InChI is InChI=1S/C21H26F2N2O2/c1-27-20-6-7-21(23)17(12-20)14-24-9-10-25(19(15-24)8-11-26)13-16-2-4-18(22)5-3-16/h2-7,12,19,26H,8-11,13-15H2,1H3/t19-/m0/s1. The van der Waals surface area contributed by atoms with Crippen molar-refractivity contribution in [2.45, 2.75) is 25.6 Å². The SMILES string of the molecule is COc1ccc(F)c(CN2CCN(Cc3ccc(F)cc3)[C@@H](CCO)C2)c1. The molecule has 0 aromatic heterocycles. The van der Waals surface area contributed by atoms with Crippen LogP contribution in [0.4, 0.5) is 8.78 Å². The molecule has 2 aromatic rings. The number of aliphatic hydroxyl groups excluding tert-OH is 1. The Morgan fingerprint density at radius 2 is 1.85 bits per heavy atom. The van der Waals surface area contributed by atoms with Gasteiger partial charge in [-0.25, -0.2) is 8.78 Å². The zero-order valence-electron chi connectivity index (χ0n) is 15.6. The van der Waals surface area contributed by atoms with Gasteiger partial charge in [0, 0.05) is 50.9 Å². The lowest BCUT2D eigenvalue weighted by Gasteiger charge is -2.41. The molecule has 1 N–H and O–H groups in total. The Morgan fingerprint density at radius 3 is 2.56 bits per heavy atom. The van der Waals surface area contributed by atoms with Gasteiger partial charge in [0.05, 0.1) is 7.11 Å². The summed E-state index contributed by atoms with van der Waals surface area (Å²) in [5.41, 5.74) is 1.66. The third kappa shape index (κ3) is 5.25. The Hall–Kier alpha value is -2.02. The number of piperazine rings is 1. The van der Waals surface area contributed by atoms with E-state index in [2.05, 4.69) is 9.80 Å². The van der Waals surface area contributed by atoms with Crippen molar-refractivity contribution in [3.8, 4) is 5.75 Å². The Kier molecular flexibility index (Phi) is 6.77. The van der Waals surface area contributed by atoms with Crippen molar-refractivity contribution in [2.24, 2.45) is 0 Å². The lowest BCUT2D eigenvalue weighted by Crippen LogP contribution is -2.52. The number of aliphatic hydroxyl groups is 1. The Morgan fingerprint density at radius 1 is 1.07 bits per heavy atom. The van der Waals surface area contributed by atoms with Crippen LogP contribution in [0.3, 0.4) is 0 Å². The maximum absolute atomic E-state index is 14.1. The molecule has 2 aromatic carbocycles. The van der Waals surface area contributed by atoms with Gasteiger partial charge in [-0.3, -0.25) is 9.80 Å². The van der Waals surface area contributed by atoms with E-state index in [1.807, 2.05) is 0 Å². The molecule has 1 heterocycles. The lowest BCUT2D eigenvalue weighted by atomic mass is 10.1. The van der Waals surface area contributed by atoms with Crippen molar-refractivity contribution in [1.82, 2.24) is 9.80 Å². The van der Waals surface area contributed by atoms with E-state index in [-0.39, 0.29) is 24.3 Å². The molecule has 6 heteroatoms. The summed E-state index contributed by atoms with van der Waals surface area (Å²) in [6, 6.07) is 11.5. The summed E-state index contributed by atoms with van der Waals surface area (Å²) in [5, 5.41) is 9.46. The number of hydrogen-bond acceptors (Lipinski definition) is 4. The van der Waals surface area contributed by atoms with Gasteiger partial charge in [-0.15, -0.1) is 0 Å². The van der Waals surface area contributed by atoms with Gasteiger partial charge in [0.1, 0.15) is 17.4 Å². The molecule has 0 spiro atoms. The fourth-order valence-electron chi connectivity index (χ4n) is 3.60. The molecule has 0 amide bonds. The van der Waals surface area contributed by atoms with Crippen LogP contribution in [0.5, 0.6) is 5.75 Å². The van der Waals surface area contributed by atoms with Crippen molar-refractivity contribution < 1.29 is 18.6 Å². The summed E-state index contributed by atoms with van der Waals surface area (Å²) < 4.78 is 32.5. The topological polar surface area (TPSA) is 35.9 Å². The molecule has 1 saturated heterocycles.